The molecule has 0 bridgehead atoms. The Morgan fingerprint density at radius 3 is 2.80 bits per heavy atom. The molecule has 2 aromatic heterocycles. The maximum atomic E-state index is 10.8. The van der Waals surface area contributed by atoms with E-state index in [0.29, 0.717) is 5.82 Å². The first-order valence-electron chi connectivity index (χ1n) is 6.29. The van der Waals surface area contributed by atoms with E-state index in [9.17, 15) is 4.79 Å². The molecule has 1 atom stereocenters. The molecule has 2 aromatic rings. The van der Waals surface area contributed by atoms with E-state index in [1.807, 2.05) is 26.8 Å². The van der Waals surface area contributed by atoms with E-state index in [-0.39, 0.29) is 11.7 Å². The van der Waals surface area contributed by atoms with Crippen LogP contribution >= 0.6 is 11.3 Å². The molecular weight excluding hydrogens is 276 g/mol. The highest BCUT2D eigenvalue weighted by atomic mass is 32.1. The van der Waals surface area contributed by atoms with E-state index in [1.165, 1.54) is 11.3 Å². The summed E-state index contributed by atoms with van der Waals surface area (Å²) in [5.74, 6) is 0.434. The van der Waals surface area contributed by atoms with Crippen LogP contribution in [0, 0.1) is 6.92 Å². The van der Waals surface area contributed by atoms with Crippen LogP contribution in [0.5, 0.6) is 0 Å². The molecule has 0 radical (unpaired) electrons. The zero-order chi connectivity index (χ0) is 14.7. The van der Waals surface area contributed by atoms with Crippen molar-refractivity contribution < 1.29 is 9.90 Å². The number of nitrogens with zero attached hydrogens (tertiary/aromatic N) is 3. The highest BCUT2D eigenvalue weighted by Crippen LogP contribution is 2.22. The maximum absolute atomic E-state index is 10.8. The van der Waals surface area contributed by atoms with Crippen LogP contribution < -0.4 is 5.32 Å². The molecular formula is C13H16N4O2S. The number of carboxylic acid groups (broad SMARTS) is 1. The number of rotatable bonds is 5. The minimum atomic E-state index is -1.01. The van der Waals surface area contributed by atoms with Crippen molar-refractivity contribution in [3.8, 4) is 0 Å². The highest BCUT2D eigenvalue weighted by Gasteiger charge is 2.14. The van der Waals surface area contributed by atoms with E-state index < -0.39 is 5.97 Å². The van der Waals surface area contributed by atoms with Gasteiger partial charge < -0.3 is 10.4 Å². The first-order valence-corrected chi connectivity index (χ1v) is 7.17. The van der Waals surface area contributed by atoms with Crippen LogP contribution in [0.3, 0.4) is 0 Å². The molecule has 0 fully saturated rings. The molecule has 0 saturated heterocycles. The summed E-state index contributed by atoms with van der Waals surface area (Å²) < 4.78 is 0. The van der Waals surface area contributed by atoms with Crippen molar-refractivity contribution in [1.29, 1.82) is 0 Å². The summed E-state index contributed by atoms with van der Waals surface area (Å²) in [5, 5.41) is 14.4. The van der Waals surface area contributed by atoms with Gasteiger partial charge in [0, 0.05) is 17.1 Å². The number of carbonyl (C=O) groups is 1. The fourth-order valence-corrected chi connectivity index (χ4v) is 2.55. The summed E-state index contributed by atoms with van der Waals surface area (Å²) in [6, 6.07) is 1.79. The lowest BCUT2D eigenvalue weighted by Crippen LogP contribution is -2.10. The topological polar surface area (TPSA) is 88.0 Å². The van der Waals surface area contributed by atoms with Crippen LogP contribution in [0.1, 0.15) is 46.9 Å². The summed E-state index contributed by atoms with van der Waals surface area (Å²) in [6.07, 6.45) is 0.840. The molecule has 2 heterocycles. The number of hydrogen-bond donors (Lipinski definition) is 2. The maximum Gasteiger partial charge on any atom is 0.355 e. The molecule has 20 heavy (non-hydrogen) atoms. The molecule has 0 aliphatic heterocycles. The molecule has 0 saturated carbocycles. The van der Waals surface area contributed by atoms with Crippen LogP contribution in [-0.4, -0.2) is 26.0 Å². The van der Waals surface area contributed by atoms with Gasteiger partial charge in [0.2, 0.25) is 0 Å². The van der Waals surface area contributed by atoms with Gasteiger partial charge in [-0.05, 0) is 20.3 Å². The van der Waals surface area contributed by atoms with E-state index in [4.69, 9.17) is 5.11 Å². The average Bonchev–Trinajstić information content (AvgIpc) is 2.87. The smallest absolute Gasteiger partial charge is 0.355 e. The Morgan fingerprint density at radius 2 is 2.20 bits per heavy atom. The van der Waals surface area contributed by atoms with Crippen molar-refractivity contribution in [2.45, 2.75) is 33.2 Å². The van der Waals surface area contributed by atoms with E-state index in [2.05, 4.69) is 20.3 Å². The van der Waals surface area contributed by atoms with Gasteiger partial charge in [-0.15, -0.1) is 11.3 Å². The number of nitrogens with one attached hydrogen (secondary N) is 1. The van der Waals surface area contributed by atoms with Crippen molar-refractivity contribution in [3.05, 3.63) is 33.7 Å². The zero-order valence-corrected chi connectivity index (χ0v) is 12.4. The first-order chi connectivity index (χ1) is 9.49. The number of aryl methyl sites for hydroxylation is 2. The monoisotopic (exact) mass is 292 g/mol. The molecule has 0 aromatic carbocycles. The van der Waals surface area contributed by atoms with Crippen LogP contribution in [0.2, 0.25) is 0 Å². The van der Waals surface area contributed by atoms with Gasteiger partial charge >= 0.3 is 5.97 Å². The third-order valence-corrected chi connectivity index (χ3v) is 3.76. The average molecular weight is 292 g/mol. The summed E-state index contributed by atoms with van der Waals surface area (Å²) in [5.41, 5.74) is 1.05. The van der Waals surface area contributed by atoms with Gasteiger partial charge in [0.05, 0.1) is 6.04 Å². The van der Waals surface area contributed by atoms with E-state index >= 15 is 0 Å². The Kier molecular flexibility index (Phi) is 4.29. The third-order valence-electron chi connectivity index (χ3n) is 2.73. The summed E-state index contributed by atoms with van der Waals surface area (Å²) in [7, 11) is 0. The molecule has 2 rings (SSSR count). The minimum absolute atomic E-state index is 0.0757. The standard InChI is InChI=1S/C13H16N4O2S/c1-4-9-5-11(16-8(3)15-9)14-7(2)12-17-10(6-20-12)13(18)19/h5-7H,4H2,1-3H3,(H,18,19)(H,14,15,16). The van der Waals surface area contributed by atoms with Crippen molar-refractivity contribution in [3.63, 3.8) is 0 Å². The predicted octanol–water partition coefficient (Wildman–Crippen LogP) is 2.68. The molecule has 7 heteroatoms. The molecule has 0 spiro atoms. The second-order valence-electron chi connectivity index (χ2n) is 4.39. The van der Waals surface area contributed by atoms with Gasteiger partial charge in [0.15, 0.2) is 5.69 Å². The normalized spacial score (nSPS) is 12.2. The van der Waals surface area contributed by atoms with Crippen LogP contribution in [0.4, 0.5) is 5.82 Å². The lowest BCUT2D eigenvalue weighted by Gasteiger charge is -2.13. The Hall–Kier alpha value is -2.02. The summed E-state index contributed by atoms with van der Waals surface area (Å²) in [6.45, 7) is 5.81. The molecule has 0 amide bonds. The van der Waals surface area contributed by atoms with Gasteiger partial charge in [-0.25, -0.2) is 19.7 Å². The lowest BCUT2D eigenvalue weighted by atomic mass is 10.3. The number of aromatic nitrogens is 3. The number of hydrogen-bond acceptors (Lipinski definition) is 6. The molecule has 0 aliphatic carbocycles. The number of thiazole rings is 1. The minimum Gasteiger partial charge on any atom is -0.476 e. The number of aromatic carboxylic acids is 1. The van der Waals surface area contributed by atoms with Gasteiger partial charge in [-0.3, -0.25) is 0 Å². The number of carboxylic acids is 1. The Bertz CT molecular complexity index is 627. The first kappa shape index (κ1) is 14.4. The van der Waals surface area contributed by atoms with Crippen molar-refractivity contribution in [1.82, 2.24) is 15.0 Å². The Labute approximate surface area is 120 Å². The van der Waals surface area contributed by atoms with Crippen LogP contribution in [0.15, 0.2) is 11.4 Å². The quantitative estimate of drug-likeness (QED) is 0.881. The fourth-order valence-electron chi connectivity index (χ4n) is 1.75. The summed E-state index contributed by atoms with van der Waals surface area (Å²) >= 11 is 1.32. The molecule has 2 N–H and O–H groups in total. The second-order valence-corrected chi connectivity index (χ2v) is 5.28. The van der Waals surface area contributed by atoms with Crippen molar-refractivity contribution >= 4 is 23.1 Å². The predicted molar refractivity (Wildman–Crippen MR) is 77.3 cm³/mol. The number of anilines is 1. The molecule has 6 nitrogen and oxygen atoms in total. The van der Waals surface area contributed by atoms with Crippen molar-refractivity contribution in [2.24, 2.45) is 0 Å². The van der Waals surface area contributed by atoms with Gasteiger partial charge in [0.25, 0.3) is 0 Å². The Morgan fingerprint density at radius 1 is 1.45 bits per heavy atom. The molecule has 106 valence electrons. The highest BCUT2D eigenvalue weighted by molar-refractivity contribution is 7.09. The van der Waals surface area contributed by atoms with Crippen LogP contribution in [0.25, 0.3) is 0 Å². The largest absolute Gasteiger partial charge is 0.476 e. The van der Waals surface area contributed by atoms with Crippen molar-refractivity contribution in [2.75, 3.05) is 5.32 Å². The third kappa shape index (κ3) is 3.30. The SMILES string of the molecule is CCc1cc(NC(C)c2nc(C(=O)O)cs2)nc(C)n1. The zero-order valence-electron chi connectivity index (χ0n) is 11.5. The molecule has 0 aliphatic rings. The second kappa shape index (κ2) is 5.96. The van der Waals surface area contributed by atoms with Crippen LogP contribution in [-0.2, 0) is 6.42 Å². The molecule has 1 unspecified atom stereocenters. The van der Waals surface area contributed by atoms with Gasteiger partial charge in [-0.2, -0.15) is 0 Å². The fraction of sp³-hybridized carbons (Fsp3) is 0.385. The van der Waals surface area contributed by atoms with E-state index in [0.717, 1.165) is 22.9 Å². The van der Waals surface area contributed by atoms with E-state index in [1.54, 1.807) is 5.38 Å². The lowest BCUT2D eigenvalue weighted by molar-refractivity contribution is 0.0691. The summed E-state index contributed by atoms with van der Waals surface area (Å²) in [4.78, 5) is 23.6. The van der Waals surface area contributed by atoms with Gasteiger partial charge in [0.1, 0.15) is 16.6 Å². The Balaban J connectivity index is 2.16. The van der Waals surface area contributed by atoms with Gasteiger partial charge in [-0.1, -0.05) is 6.92 Å².